The normalized spacial score (nSPS) is 16.2. The number of sulfonamides is 1. The number of rotatable bonds is 4. The van der Waals surface area contributed by atoms with Crippen LogP contribution in [0.4, 0.5) is 23.4 Å². The quantitative estimate of drug-likeness (QED) is 0.492. The lowest BCUT2D eigenvalue weighted by molar-refractivity contribution is -0.137. The van der Waals surface area contributed by atoms with E-state index in [1.165, 1.54) is 18.2 Å². The number of benzene rings is 2. The van der Waals surface area contributed by atoms with Crippen LogP contribution in [0.2, 0.25) is 5.02 Å². The molecule has 0 spiro atoms. The largest absolute Gasteiger partial charge is 0.416 e. The Bertz CT molecular complexity index is 1260. The molecule has 3 aromatic rings. The topological polar surface area (TPSA) is 59.1 Å². The van der Waals surface area contributed by atoms with Gasteiger partial charge in [-0.05, 0) is 59.9 Å². The van der Waals surface area contributed by atoms with E-state index < -0.39 is 27.6 Å². The SMILES string of the molecule is O=S(=O)(Nc1cc(F)ccn1)c1ccc2c(c1)CCC2c1ccc(C(F)(F)F)cc1Cl. The van der Waals surface area contributed by atoms with Gasteiger partial charge in [-0.1, -0.05) is 23.7 Å². The second-order valence-electron chi connectivity index (χ2n) is 7.15. The summed E-state index contributed by atoms with van der Waals surface area (Å²) in [5.41, 5.74) is 1.31. The van der Waals surface area contributed by atoms with Crippen LogP contribution >= 0.6 is 11.6 Å². The number of hydrogen-bond acceptors (Lipinski definition) is 3. The first-order valence-corrected chi connectivity index (χ1v) is 11.0. The Hall–Kier alpha value is -2.65. The van der Waals surface area contributed by atoms with E-state index in [1.807, 2.05) is 0 Å². The lowest BCUT2D eigenvalue weighted by atomic mass is 9.92. The number of anilines is 1. The van der Waals surface area contributed by atoms with Crippen molar-refractivity contribution in [2.75, 3.05) is 4.72 Å². The molecule has 31 heavy (non-hydrogen) atoms. The molecule has 10 heteroatoms. The van der Waals surface area contributed by atoms with Crippen LogP contribution < -0.4 is 4.72 Å². The first kappa shape index (κ1) is 21.6. The fourth-order valence-electron chi connectivity index (χ4n) is 3.73. The number of aryl methyl sites for hydroxylation is 1. The van der Waals surface area contributed by atoms with Crippen LogP contribution in [0.5, 0.6) is 0 Å². The lowest BCUT2D eigenvalue weighted by Gasteiger charge is -2.16. The summed E-state index contributed by atoms with van der Waals surface area (Å²) < 4.78 is 79.5. The van der Waals surface area contributed by atoms with Crippen LogP contribution in [0.25, 0.3) is 0 Å². The highest BCUT2D eigenvalue weighted by Crippen LogP contribution is 2.43. The second kappa shape index (κ2) is 7.80. The molecule has 2 aromatic carbocycles. The van der Waals surface area contributed by atoms with Crippen LogP contribution in [0.15, 0.2) is 59.6 Å². The van der Waals surface area contributed by atoms with Gasteiger partial charge in [0.25, 0.3) is 10.0 Å². The molecule has 4 rings (SSSR count). The molecule has 0 aliphatic heterocycles. The summed E-state index contributed by atoms with van der Waals surface area (Å²) in [4.78, 5) is 3.77. The molecule has 0 bridgehead atoms. The molecule has 0 amide bonds. The zero-order valence-corrected chi connectivity index (χ0v) is 17.3. The van der Waals surface area contributed by atoms with Gasteiger partial charge in [-0.25, -0.2) is 17.8 Å². The Morgan fingerprint density at radius 3 is 2.45 bits per heavy atom. The Morgan fingerprint density at radius 2 is 1.77 bits per heavy atom. The third kappa shape index (κ3) is 4.38. The van der Waals surface area contributed by atoms with Crippen molar-refractivity contribution in [3.05, 3.63) is 87.8 Å². The molecule has 0 saturated heterocycles. The molecule has 0 saturated carbocycles. The second-order valence-corrected chi connectivity index (χ2v) is 9.24. The smallest absolute Gasteiger partial charge is 0.263 e. The molecule has 1 aliphatic carbocycles. The van der Waals surface area contributed by atoms with Crippen molar-refractivity contribution < 1.29 is 26.0 Å². The van der Waals surface area contributed by atoms with E-state index >= 15 is 0 Å². The van der Waals surface area contributed by atoms with Crippen molar-refractivity contribution in [1.82, 2.24) is 4.98 Å². The maximum atomic E-state index is 13.3. The molecule has 1 aliphatic rings. The minimum atomic E-state index is -4.48. The average molecular weight is 471 g/mol. The maximum absolute atomic E-state index is 13.3. The number of aromatic nitrogens is 1. The van der Waals surface area contributed by atoms with Gasteiger partial charge in [-0.15, -0.1) is 0 Å². The summed E-state index contributed by atoms with van der Waals surface area (Å²) in [5.74, 6) is -1.01. The number of nitrogens with one attached hydrogen (secondary N) is 1. The van der Waals surface area contributed by atoms with Gasteiger partial charge >= 0.3 is 6.18 Å². The fraction of sp³-hybridized carbons (Fsp3) is 0.190. The molecule has 1 atom stereocenters. The van der Waals surface area contributed by atoms with Gasteiger partial charge in [0, 0.05) is 23.2 Å². The summed E-state index contributed by atoms with van der Waals surface area (Å²) in [5, 5.41) is 0.0169. The lowest BCUT2D eigenvalue weighted by Crippen LogP contribution is -2.14. The monoisotopic (exact) mass is 470 g/mol. The zero-order valence-electron chi connectivity index (χ0n) is 15.7. The summed E-state index contributed by atoms with van der Waals surface area (Å²) in [7, 11) is -3.99. The number of hydrogen-bond donors (Lipinski definition) is 1. The highest BCUT2D eigenvalue weighted by Gasteiger charge is 2.33. The zero-order chi connectivity index (χ0) is 22.4. The molecular weight excluding hydrogens is 456 g/mol. The number of fused-ring (bicyclic) bond motifs is 1. The Morgan fingerprint density at radius 1 is 1.03 bits per heavy atom. The van der Waals surface area contributed by atoms with Crippen LogP contribution in [-0.4, -0.2) is 13.4 Å². The predicted molar refractivity (Wildman–Crippen MR) is 108 cm³/mol. The molecule has 162 valence electrons. The van der Waals surface area contributed by atoms with Gasteiger partial charge in [-0.3, -0.25) is 4.72 Å². The summed E-state index contributed by atoms with van der Waals surface area (Å²) in [6, 6.07) is 9.87. The molecule has 1 N–H and O–H groups in total. The first-order chi connectivity index (χ1) is 14.5. The molecule has 1 heterocycles. The van der Waals surface area contributed by atoms with Crippen molar-refractivity contribution >= 4 is 27.4 Å². The van der Waals surface area contributed by atoms with Gasteiger partial charge in [-0.2, -0.15) is 13.2 Å². The highest BCUT2D eigenvalue weighted by molar-refractivity contribution is 7.92. The minimum Gasteiger partial charge on any atom is -0.263 e. The van der Waals surface area contributed by atoms with Crippen LogP contribution in [0, 0.1) is 5.82 Å². The van der Waals surface area contributed by atoms with Crippen LogP contribution in [-0.2, 0) is 22.6 Å². The summed E-state index contributed by atoms with van der Waals surface area (Å²) >= 11 is 6.15. The van der Waals surface area contributed by atoms with Gasteiger partial charge in [0.1, 0.15) is 11.6 Å². The van der Waals surface area contributed by atoms with Crippen LogP contribution in [0.1, 0.15) is 34.6 Å². The van der Waals surface area contributed by atoms with E-state index in [4.69, 9.17) is 11.6 Å². The number of nitrogens with zero attached hydrogens (tertiary/aromatic N) is 1. The van der Waals surface area contributed by atoms with E-state index in [-0.39, 0.29) is 21.7 Å². The van der Waals surface area contributed by atoms with E-state index in [1.54, 1.807) is 6.07 Å². The molecule has 0 radical (unpaired) electrons. The van der Waals surface area contributed by atoms with Crippen molar-refractivity contribution in [1.29, 1.82) is 0 Å². The Kier molecular flexibility index (Phi) is 5.43. The van der Waals surface area contributed by atoms with Crippen molar-refractivity contribution in [2.24, 2.45) is 0 Å². The van der Waals surface area contributed by atoms with E-state index in [0.29, 0.717) is 18.4 Å². The number of halogens is 5. The van der Waals surface area contributed by atoms with Gasteiger partial charge < -0.3 is 0 Å². The third-order valence-corrected chi connectivity index (χ3v) is 6.85. The first-order valence-electron chi connectivity index (χ1n) is 9.18. The summed E-state index contributed by atoms with van der Waals surface area (Å²) in [6.45, 7) is 0. The van der Waals surface area contributed by atoms with Gasteiger partial charge in [0.05, 0.1) is 10.5 Å². The highest BCUT2D eigenvalue weighted by atomic mass is 35.5. The van der Waals surface area contributed by atoms with E-state index in [9.17, 15) is 26.0 Å². The third-order valence-electron chi connectivity index (χ3n) is 5.17. The average Bonchev–Trinajstić information content (AvgIpc) is 3.10. The molecule has 0 fully saturated rings. The maximum Gasteiger partial charge on any atom is 0.416 e. The molecular formula is C21H15ClF4N2O2S. The standard InChI is InChI=1S/C21H15ClF4N2O2S/c22-19-10-13(21(24,25)26)2-5-18(19)17-4-1-12-9-15(3-6-16(12)17)31(29,30)28-20-11-14(23)7-8-27-20/h2-3,5-11,17H,1,4H2,(H,27,28). The Labute approximate surface area is 180 Å². The predicted octanol–water partition coefficient (Wildman–Crippen LogP) is 5.77. The Balaban J connectivity index is 1.63. The number of alkyl halides is 3. The van der Waals surface area contributed by atoms with Gasteiger partial charge in [0.2, 0.25) is 0 Å². The molecule has 4 nitrogen and oxygen atoms in total. The molecule has 1 aromatic heterocycles. The summed E-state index contributed by atoms with van der Waals surface area (Å²) in [6.07, 6.45) is -2.21. The fourth-order valence-corrected chi connectivity index (χ4v) is 5.09. The van der Waals surface area contributed by atoms with Gasteiger partial charge in [0.15, 0.2) is 0 Å². The molecule has 1 unspecified atom stereocenters. The van der Waals surface area contributed by atoms with E-state index in [0.717, 1.165) is 41.6 Å². The number of pyridine rings is 1. The van der Waals surface area contributed by atoms with Crippen LogP contribution in [0.3, 0.4) is 0 Å². The van der Waals surface area contributed by atoms with Crippen molar-refractivity contribution in [3.8, 4) is 0 Å². The van der Waals surface area contributed by atoms with E-state index in [2.05, 4.69) is 9.71 Å². The van der Waals surface area contributed by atoms with Crippen molar-refractivity contribution in [2.45, 2.75) is 29.8 Å². The minimum absolute atomic E-state index is 0.0169. The van der Waals surface area contributed by atoms with Crippen molar-refractivity contribution in [3.63, 3.8) is 0 Å².